The number of amides is 1. The second kappa shape index (κ2) is 16.8. The van der Waals surface area contributed by atoms with E-state index in [0.29, 0.717) is 24.5 Å². The van der Waals surface area contributed by atoms with E-state index in [1.807, 2.05) is 43.3 Å². The maximum Gasteiger partial charge on any atom is 0.211 e. The predicted molar refractivity (Wildman–Crippen MR) is 154 cm³/mol. The van der Waals surface area contributed by atoms with Gasteiger partial charge in [-0.25, -0.2) is 0 Å². The topological polar surface area (TPSA) is 63.2 Å². The summed E-state index contributed by atoms with van der Waals surface area (Å²) in [4.78, 5) is 19.5. The summed E-state index contributed by atoms with van der Waals surface area (Å²) in [6.45, 7) is 14.3. The van der Waals surface area contributed by atoms with Gasteiger partial charge >= 0.3 is 0 Å². The first-order valence-electron chi connectivity index (χ1n) is 12.8. The van der Waals surface area contributed by atoms with Gasteiger partial charge in [0.25, 0.3) is 0 Å². The second-order valence-corrected chi connectivity index (χ2v) is 9.64. The number of unbranched alkanes of at least 4 members (excludes halogenated alkanes) is 1. The van der Waals surface area contributed by atoms with Crippen molar-refractivity contribution in [2.45, 2.75) is 57.8 Å². The summed E-state index contributed by atoms with van der Waals surface area (Å²) in [5.41, 5.74) is 2.39. The number of likely N-dealkylation sites (tertiary alicyclic amines) is 1. The van der Waals surface area contributed by atoms with Gasteiger partial charge < -0.3 is 14.8 Å². The van der Waals surface area contributed by atoms with Crippen LogP contribution in [0.15, 0.2) is 52.9 Å². The number of carbonyl (C=O) groups is 1. The van der Waals surface area contributed by atoms with E-state index in [2.05, 4.69) is 35.6 Å². The summed E-state index contributed by atoms with van der Waals surface area (Å²) in [6, 6.07) is 11.5. The Labute approximate surface area is 221 Å². The second-order valence-electron chi connectivity index (χ2n) is 8.47. The van der Waals surface area contributed by atoms with Crippen LogP contribution in [0.2, 0.25) is 0 Å². The molecular formula is C29H41N3O3S. The standard InChI is InChI=1S/C25H31N3O3S.C4H10/c1-4-26-23-17-25(31-14-13-28-11-6-5-7-12-28)24(30-3)16-22(23)19(2)32-21-10-8-9-20(15-21)27-18-29;1-3-4-2/h4,8-10,15-18H,2,5-7,11-14H2,1,3H3,(H,27,29);3-4H2,1-2H3. The van der Waals surface area contributed by atoms with Crippen LogP contribution in [0.25, 0.3) is 4.91 Å². The van der Waals surface area contributed by atoms with Crippen molar-refractivity contribution in [2.24, 2.45) is 4.99 Å². The zero-order valence-electron chi connectivity index (χ0n) is 22.2. The SMILES string of the molecule is C=C(Sc1cccc(NC=O)c1)c1cc(OC)c(OCCN2CCCCC2)cc1N=CC.CCCC. The molecular weight excluding hydrogens is 470 g/mol. The number of benzene rings is 2. The Bertz CT molecular complexity index is 986. The minimum absolute atomic E-state index is 0.608. The molecule has 196 valence electrons. The summed E-state index contributed by atoms with van der Waals surface area (Å²) >= 11 is 1.51. The Hall–Kier alpha value is -2.77. The average molecular weight is 512 g/mol. The van der Waals surface area contributed by atoms with Gasteiger partial charge in [-0.3, -0.25) is 14.7 Å². The normalized spacial score (nSPS) is 13.6. The Morgan fingerprint density at radius 2 is 1.89 bits per heavy atom. The molecule has 1 fully saturated rings. The Balaban J connectivity index is 0.00000106. The van der Waals surface area contributed by atoms with Crippen molar-refractivity contribution in [1.29, 1.82) is 0 Å². The number of hydrogen-bond donors (Lipinski definition) is 1. The van der Waals surface area contributed by atoms with Gasteiger partial charge in [0, 0.05) is 39.9 Å². The van der Waals surface area contributed by atoms with Gasteiger partial charge in [-0.1, -0.05) is 57.5 Å². The average Bonchev–Trinajstić information content (AvgIpc) is 2.90. The van der Waals surface area contributed by atoms with Crippen LogP contribution in [0.4, 0.5) is 11.4 Å². The molecule has 1 saturated heterocycles. The fourth-order valence-electron chi connectivity index (χ4n) is 3.67. The molecule has 0 aliphatic carbocycles. The van der Waals surface area contributed by atoms with Crippen molar-refractivity contribution in [2.75, 3.05) is 38.7 Å². The third-order valence-electron chi connectivity index (χ3n) is 5.76. The summed E-state index contributed by atoms with van der Waals surface area (Å²) in [5.74, 6) is 1.34. The molecule has 0 atom stereocenters. The monoisotopic (exact) mass is 511 g/mol. The Kier molecular flexibility index (Phi) is 13.8. The third kappa shape index (κ3) is 9.70. The lowest BCUT2D eigenvalue weighted by Crippen LogP contribution is -2.33. The van der Waals surface area contributed by atoms with Crippen LogP contribution in [-0.4, -0.2) is 50.9 Å². The molecule has 1 N–H and O–H groups in total. The number of rotatable bonds is 12. The Morgan fingerprint density at radius 3 is 2.53 bits per heavy atom. The van der Waals surface area contributed by atoms with Gasteiger partial charge in [0.15, 0.2) is 11.5 Å². The number of aliphatic imine (C=N–C) groups is 1. The van der Waals surface area contributed by atoms with Crippen molar-refractivity contribution in [1.82, 2.24) is 4.90 Å². The molecule has 1 heterocycles. The summed E-state index contributed by atoms with van der Waals surface area (Å²) in [6.07, 6.45) is 8.92. The van der Waals surface area contributed by atoms with E-state index in [1.54, 1.807) is 13.3 Å². The van der Waals surface area contributed by atoms with Crippen LogP contribution < -0.4 is 14.8 Å². The highest BCUT2D eigenvalue weighted by molar-refractivity contribution is 8.08. The van der Waals surface area contributed by atoms with E-state index in [-0.39, 0.29) is 0 Å². The van der Waals surface area contributed by atoms with Crippen LogP contribution in [0, 0.1) is 0 Å². The number of hydrogen-bond acceptors (Lipinski definition) is 6. The van der Waals surface area contributed by atoms with Crippen molar-refractivity contribution in [3.05, 3.63) is 48.5 Å². The fourth-order valence-corrected chi connectivity index (χ4v) is 4.56. The smallest absolute Gasteiger partial charge is 0.211 e. The van der Waals surface area contributed by atoms with Gasteiger partial charge in [-0.05, 0) is 57.1 Å². The number of nitrogens with zero attached hydrogens (tertiary/aromatic N) is 2. The number of ether oxygens (including phenoxy) is 2. The van der Waals surface area contributed by atoms with E-state index in [1.165, 1.54) is 43.9 Å². The first-order valence-corrected chi connectivity index (χ1v) is 13.6. The number of carbonyl (C=O) groups excluding carboxylic acids is 1. The van der Waals surface area contributed by atoms with E-state index in [9.17, 15) is 4.79 Å². The minimum Gasteiger partial charge on any atom is -0.493 e. The summed E-state index contributed by atoms with van der Waals surface area (Å²) < 4.78 is 11.7. The first-order chi connectivity index (χ1) is 17.6. The van der Waals surface area contributed by atoms with Crippen molar-refractivity contribution in [3.8, 4) is 11.5 Å². The molecule has 1 aliphatic heterocycles. The molecule has 6 nitrogen and oxygen atoms in total. The lowest BCUT2D eigenvalue weighted by molar-refractivity contribution is -0.105. The maximum atomic E-state index is 10.7. The molecule has 0 unspecified atom stereocenters. The third-order valence-corrected chi connectivity index (χ3v) is 6.72. The Morgan fingerprint density at radius 1 is 1.14 bits per heavy atom. The number of methoxy groups -OCH3 is 1. The molecule has 0 radical (unpaired) electrons. The number of anilines is 1. The van der Waals surface area contributed by atoms with Gasteiger partial charge in [0.1, 0.15) is 6.61 Å². The highest BCUT2D eigenvalue weighted by atomic mass is 32.2. The molecule has 0 aromatic heterocycles. The van der Waals surface area contributed by atoms with Crippen molar-refractivity contribution < 1.29 is 14.3 Å². The molecule has 0 saturated carbocycles. The summed E-state index contributed by atoms with van der Waals surface area (Å²) in [5, 5.41) is 2.67. The molecule has 1 amide bonds. The van der Waals surface area contributed by atoms with Crippen molar-refractivity contribution >= 4 is 40.7 Å². The molecule has 36 heavy (non-hydrogen) atoms. The van der Waals surface area contributed by atoms with E-state index < -0.39 is 0 Å². The lowest BCUT2D eigenvalue weighted by Gasteiger charge is -2.26. The molecule has 7 heteroatoms. The zero-order valence-corrected chi connectivity index (χ0v) is 23.0. The van der Waals surface area contributed by atoms with E-state index >= 15 is 0 Å². The van der Waals surface area contributed by atoms with Gasteiger partial charge in [0.05, 0.1) is 12.8 Å². The van der Waals surface area contributed by atoms with Crippen LogP contribution in [0.3, 0.4) is 0 Å². The summed E-state index contributed by atoms with van der Waals surface area (Å²) in [7, 11) is 1.64. The van der Waals surface area contributed by atoms with Gasteiger partial charge in [-0.2, -0.15) is 0 Å². The van der Waals surface area contributed by atoms with E-state index in [0.717, 1.165) is 46.4 Å². The molecule has 2 aromatic carbocycles. The minimum atomic E-state index is 0.608. The van der Waals surface area contributed by atoms with Crippen molar-refractivity contribution in [3.63, 3.8) is 0 Å². The maximum absolute atomic E-state index is 10.7. The molecule has 0 spiro atoms. The highest BCUT2D eigenvalue weighted by Crippen LogP contribution is 2.43. The number of thioether (sulfide) groups is 1. The molecule has 0 bridgehead atoms. The largest absolute Gasteiger partial charge is 0.493 e. The number of piperidine rings is 1. The van der Waals surface area contributed by atoms with Crippen LogP contribution >= 0.6 is 11.8 Å². The van der Waals surface area contributed by atoms with Crippen LogP contribution in [0.1, 0.15) is 58.4 Å². The fraction of sp³-hybridized carbons (Fsp3) is 0.448. The zero-order chi connectivity index (χ0) is 26.2. The molecule has 2 aromatic rings. The highest BCUT2D eigenvalue weighted by Gasteiger charge is 2.16. The van der Waals surface area contributed by atoms with E-state index in [4.69, 9.17) is 9.47 Å². The van der Waals surface area contributed by atoms with Crippen LogP contribution in [0.5, 0.6) is 11.5 Å². The van der Waals surface area contributed by atoms with Gasteiger partial charge in [0.2, 0.25) is 6.41 Å². The number of nitrogens with one attached hydrogen (secondary N) is 1. The van der Waals surface area contributed by atoms with Crippen LogP contribution in [-0.2, 0) is 4.79 Å². The predicted octanol–water partition coefficient (Wildman–Crippen LogP) is 7.42. The quantitative estimate of drug-likeness (QED) is 0.182. The molecule has 3 rings (SSSR count). The first kappa shape index (κ1) is 29.5. The van der Waals surface area contributed by atoms with Gasteiger partial charge in [-0.15, -0.1) is 0 Å². The molecule has 1 aliphatic rings. The lowest BCUT2D eigenvalue weighted by atomic mass is 10.1.